The van der Waals surface area contributed by atoms with Crippen molar-refractivity contribution in [2.24, 2.45) is 0 Å². The molecule has 29 heavy (non-hydrogen) atoms. The van der Waals surface area contributed by atoms with Gasteiger partial charge in [-0.3, -0.25) is 4.79 Å². The Morgan fingerprint density at radius 2 is 2.03 bits per heavy atom. The standard InChI is InChI=1S/C21H20BrN3O4/c1-2-4-18(14-7-9-17(10-8-14)29-13-20(26)27)25-21(28)15(12-23)11-16-5-3-6-19(22)24-16/h3,5-11,18H,2,4,13H2,1H3,(H,25,28)(H,26,27)/b15-11+. The maximum absolute atomic E-state index is 12.6. The van der Waals surface area contributed by atoms with Crippen molar-refractivity contribution in [1.29, 1.82) is 5.26 Å². The minimum Gasteiger partial charge on any atom is -0.482 e. The molecule has 2 rings (SSSR count). The number of carbonyl (C=O) groups is 2. The van der Waals surface area contributed by atoms with Crippen LogP contribution in [0.2, 0.25) is 0 Å². The lowest BCUT2D eigenvalue weighted by Gasteiger charge is -2.19. The van der Waals surface area contributed by atoms with E-state index in [1.54, 1.807) is 42.5 Å². The Balaban J connectivity index is 2.15. The molecule has 2 aromatic rings. The highest BCUT2D eigenvalue weighted by Crippen LogP contribution is 2.22. The Morgan fingerprint density at radius 1 is 1.31 bits per heavy atom. The number of carbonyl (C=O) groups excluding carboxylic acids is 1. The summed E-state index contributed by atoms with van der Waals surface area (Å²) >= 11 is 3.26. The maximum atomic E-state index is 12.6. The van der Waals surface area contributed by atoms with Crippen LogP contribution in [0.25, 0.3) is 6.08 Å². The molecule has 1 aromatic carbocycles. The zero-order valence-electron chi connectivity index (χ0n) is 15.8. The summed E-state index contributed by atoms with van der Waals surface area (Å²) in [5, 5.41) is 21.0. The van der Waals surface area contributed by atoms with E-state index in [-0.39, 0.29) is 11.6 Å². The molecule has 0 radical (unpaired) electrons. The highest BCUT2D eigenvalue weighted by molar-refractivity contribution is 9.10. The Kier molecular flexibility index (Phi) is 8.37. The number of hydrogen-bond acceptors (Lipinski definition) is 5. The largest absolute Gasteiger partial charge is 0.482 e. The van der Waals surface area contributed by atoms with Gasteiger partial charge >= 0.3 is 5.97 Å². The van der Waals surface area contributed by atoms with Gasteiger partial charge in [0.05, 0.1) is 11.7 Å². The van der Waals surface area contributed by atoms with Gasteiger partial charge in [0.2, 0.25) is 0 Å². The van der Waals surface area contributed by atoms with Crippen LogP contribution in [0.1, 0.15) is 37.1 Å². The van der Waals surface area contributed by atoms with Crippen LogP contribution in [0.4, 0.5) is 0 Å². The second-order valence-corrected chi connectivity index (χ2v) is 6.93. The Morgan fingerprint density at radius 3 is 2.62 bits per heavy atom. The molecule has 0 fully saturated rings. The second-order valence-electron chi connectivity index (χ2n) is 6.12. The number of carboxylic acid groups (broad SMARTS) is 1. The zero-order valence-corrected chi connectivity index (χ0v) is 17.3. The minimum absolute atomic E-state index is 0.0434. The Hall–Kier alpha value is -3.18. The number of aromatic nitrogens is 1. The third-order valence-corrected chi connectivity index (χ3v) is 4.36. The molecule has 1 unspecified atom stereocenters. The molecule has 0 aliphatic carbocycles. The van der Waals surface area contributed by atoms with Crippen LogP contribution < -0.4 is 10.1 Å². The number of benzene rings is 1. The Bertz CT molecular complexity index is 936. The van der Waals surface area contributed by atoms with Gasteiger partial charge in [0.15, 0.2) is 6.61 Å². The molecule has 2 N–H and O–H groups in total. The molecule has 8 heteroatoms. The number of rotatable bonds is 9. The first-order valence-electron chi connectivity index (χ1n) is 8.92. The molecular weight excluding hydrogens is 438 g/mol. The van der Waals surface area contributed by atoms with Gasteiger partial charge in [-0.15, -0.1) is 0 Å². The van der Waals surface area contributed by atoms with E-state index >= 15 is 0 Å². The number of pyridine rings is 1. The topological polar surface area (TPSA) is 112 Å². The molecule has 1 heterocycles. The number of hydrogen-bond donors (Lipinski definition) is 2. The van der Waals surface area contributed by atoms with Gasteiger partial charge < -0.3 is 15.2 Å². The molecule has 0 saturated carbocycles. The number of nitrogens with zero attached hydrogens (tertiary/aromatic N) is 2. The van der Waals surface area contributed by atoms with E-state index in [4.69, 9.17) is 9.84 Å². The predicted molar refractivity (Wildman–Crippen MR) is 111 cm³/mol. The lowest BCUT2D eigenvalue weighted by atomic mass is 10.0. The number of aliphatic carboxylic acids is 1. The number of amides is 1. The van der Waals surface area contributed by atoms with Crippen molar-refractivity contribution in [2.75, 3.05) is 6.61 Å². The van der Waals surface area contributed by atoms with E-state index in [1.165, 1.54) is 6.08 Å². The third kappa shape index (κ3) is 7.05. The molecule has 0 saturated heterocycles. The fraction of sp³-hybridized carbons (Fsp3) is 0.238. The molecule has 0 aliphatic heterocycles. The summed E-state index contributed by atoms with van der Waals surface area (Å²) in [5.41, 5.74) is 1.29. The number of nitrogens with one attached hydrogen (secondary N) is 1. The molecule has 150 valence electrons. The maximum Gasteiger partial charge on any atom is 0.341 e. The first-order valence-corrected chi connectivity index (χ1v) is 9.72. The number of nitriles is 1. The summed E-state index contributed by atoms with van der Waals surface area (Å²) in [6.07, 6.45) is 2.93. The van der Waals surface area contributed by atoms with Crippen molar-refractivity contribution in [2.45, 2.75) is 25.8 Å². The molecule has 1 amide bonds. The van der Waals surface area contributed by atoms with Crippen molar-refractivity contribution >= 4 is 33.9 Å². The average Bonchev–Trinajstić information content (AvgIpc) is 2.70. The van der Waals surface area contributed by atoms with Crippen LogP contribution in [0, 0.1) is 11.3 Å². The van der Waals surface area contributed by atoms with E-state index in [0.29, 0.717) is 22.5 Å². The summed E-state index contributed by atoms with van der Waals surface area (Å²) in [5.74, 6) is -1.11. The molecule has 0 spiro atoms. The van der Waals surface area contributed by atoms with E-state index in [9.17, 15) is 14.9 Å². The minimum atomic E-state index is -1.05. The van der Waals surface area contributed by atoms with Gasteiger partial charge in [-0.2, -0.15) is 5.26 Å². The van der Waals surface area contributed by atoms with Crippen molar-refractivity contribution in [1.82, 2.24) is 10.3 Å². The lowest BCUT2D eigenvalue weighted by Crippen LogP contribution is -2.29. The highest BCUT2D eigenvalue weighted by Gasteiger charge is 2.17. The molecule has 1 aromatic heterocycles. The van der Waals surface area contributed by atoms with Gasteiger partial charge in [0.25, 0.3) is 5.91 Å². The number of ether oxygens (including phenoxy) is 1. The normalized spacial score (nSPS) is 12.0. The zero-order chi connectivity index (χ0) is 21.2. The molecule has 7 nitrogen and oxygen atoms in total. The highest BCUT2D eigenvalue weighted by atomic mass is 79.9. The molecule has 1 atom stereocenters. The fourth-order valence-corrected chi connectivity index (χ4v) is 2.95. The summed E-state index contributed by atoms with van der Waals surface area (Å²) < 4.78 is 5.73. The third-order valence-electron chi connectivity index (χ3n) is 3.92. The van der Waals surface area contributed by atoms with Gasteiger partial charge in [-0.1, -0.05) is 31.5 Å². The van der Waals surface area contributed by atoms with Crippen LogP contribution in [-0.2, 0) is 9.59 Å². The van der Waals surface area contributed by atoms with Gasteiger partial charge in [0, 0.05) is 0 Å². The first kappa shape index (κ1) is 22.1. The predicted octanol–water partition coefficient (Wildman–Crippen LogP) is 3.87. The SMILES string of the molecule is CCCC(NC(=O)/C(C#N)=C/c1cccc(Br)n1)c1ccc(OCC(=O)O)cc1. The van der Waals surface area contributed by atoms with Crippen LogP contribution in [0.3, 0.4) is 0 Å². The quantitative estimate of drug-likeness (QED) is 0.335. The van der Waals surface area contributed by atoms with Crippen molar-refractivity contribution < 1.29 is 19.4 Å². The van der Waals surface area contributed by atoms with Crippen LogP contribution in [0.15, 0.2) is 52.6 Å². The van der Waals surface area contributed by atoms with E-state index in [1.807, 2.05) is 13.0 Å². The van der Waals surface area contributed by atoms with E-state index < -0.39 is 18.5 Å². The van der Waals surface area contributed by atoms with Gasteiger partial charge in [-0.25, -0.2) is 9.78 Å². The molecular formula is C21H20BrN3O4. The van der Waals surface area contributed by atoms with Crippen molar-refractivity contribution in [3.05, 3.63) is 63.9 Å². The lowest BCUT2D eigenvalue weighted by molar-refractivity contribution is -0.139. The summed E-state index contributed by atoms with van der Waals surface area (Å²) in [7, 11) is 0. The monoisotopic (exact) mass is 457 g/mol. The first-order chi connectivity index (χ1) is 13.9. The average molecular weight is 458 g/mol. The van der Waals surface area contributed by atoms with Gasteiger partial charge in [-0.05, 0) is 58.3 Å². The van der Waals surface area contributed by atoms with Crippen molar-refractivity contribution in [3.8, 4) is 11.8 Å². The van der Waals surface area contributed by atoms with Crippen LogP contribution in [-0.4, -0.2) is 28.6 Å². The van der Waals surface area contributed by atoms with Gasteiger partial charge in [0.1, 0.15) is 22.0 Å². The van der Waals surface area contributed by atoms with Crippen LogP contribution in [0.5, 0.6) is 5.75 Å². The number of carboxylic acids is 1. The van der Waals surface area contributed by atoms with Crippen molar-refractivity contribution in [3.63, 3.8) is 0 Å². The summed E-state index contributed by atoms with van der Waals surface area (Å²) in [6, 6.07) is 13.7. The van der Waals surface area contributed by atoms with Crippen LogP contribution >= 0.6 is 15.9 Å². The second kappa shape index (κ2) is 11.0. The smallest absolute Gasteiger partial charge is 0.341 e. The summed E-state index contributed by atoms with van der Waals surface area (Å²) in [4.78, 5) is 27.4. The molecule has 0 aliphatic rings. The van der Waals surface area contributed by atoms with E-state index in [2.05, 4.69) is 26.2 Å². The summed E-state index contributed by atoms with van der Waals surface area (Å²) in [6.45, 7) is 1.57. The molecule has 0 bridgehead atoms. The number of halogens is 1. The van der Waals surface area contributed by atoms with E-state index in [0.717, 1.165) is 12.0 Å². The fourth-order valence-electron chi connectivity index (χ4n) is 2.59. The Labute approximate surface area is 177 Å².